The first-order valence-electron chi connectivity index (χ1n) is 10.6. The van der Waals surface area contributed by atoms with Gasteiger partial charge in [0.2, 0.25) is 0 Å². The van der Waals surface area contributed by atoms with Crippen LogP contribution in [0.4, 0.5) is 0 Å². The van der Waals surface area contributed by atoms with Crippen molar-refractivity contribution >= 4 is 0 Å². The van der Waals surface area contributed by atoms with E-state index in [4.69, 9.17) is 14.6 Å². The monoisotopic (exact) mass is 358 g/mol. The fourth-order valence-corrected chi connectivity index (χ4v) is 7.98. The summed E-state index contributed by atoms with van der Waals surface area (Å²) in [4.78, 5) is 0. The molecule has 4 aliphatic carbocycles. The van der Waals surface area contributed by atoms with Crippen LogP contribution in [0.2, 0.25) is 0 Å². The van der Waals surface area contributed by atoms with E-state index in [-0.39, 0.29) is 11.1 Å². The molecule has 0 amide bonds. The van der Waals surface area contributed by atoms with E-state index in [2.05, 4.69) is 31.5 Å². The van der Waals surface area contributed by atoms with E-state index < -0.39 is 0 Å². The van der Waals surface area contributed by atoms with E-state index in [0.717, 1.165) is 39.1 Å². The highest BCUT2D eigenvalue weighted by Gasteiger charge is 2.67. The summed E-state index contributed by atoms with van der Waals surface area (Å²) in [6.45, 7) is 9.99. The van der Waals surface area contributed by atoms with Gasteiger partial charge in [0.25, 0.3) is 0 Å². The van der Waals surface area contributed by atoms with Gasteiger partial charge in [-0.2, -0.15) is 5.10 Å². The van der Waals surface area contributed by atoms with E-state index in [1.807, 2.05) is 6.20 Å². The quantitative estimate of drug-likeness (QED) is 0.797. The molecule has 1 aliphatic heterocycles. The van der Waals surface area contributed by atoms with Crippen molar-refractivity contribution in [3.05, 3.63) is 18.0 Å². The first-order chi connectivity index (χ1) is 12.3. The molecule has 0 spiro atoms. The van der Waals surface area contributed by atoms with Gasteiger partial charge in [0, 0.05) is 31.5 Å². The predicted molar refractivity (Wildman–Crippen MR) is 101 cm³/mol. The second kappa shape index (κ2) is 5.57. The highest BCUT2D eigenvalue weighted by Crippen LogP contribution is 2.70. The average molecular weight is 359 g/mol. The molecule has 5 fully saturated rings. The maximum atomic E-state index is 6.88. The van der Waals surface area contributed by atoms with Crippen molar-refractivity contribution in [2.75, 3.05) is 19.8 Å². The van der Waals surface area contributed by atoms with Gasteiger partial charge >= 0.3 is 0 Å². The second-order valence-electron chi connectivity index (χ2n) is 10.8. The van der Waals surface area contributed by atoms with Crippen LogP contribution in [0.25, 0.3) is 0 Å². The third-order valence-electron chi connectivity index (χ3n) is 7.76. The summed E-state index contributed by atoms with van der Waals surface area (Å²) in [5, 5.41) is 4.79. The van der Waals surface area contributed by atoms with Crippen molar-refractivity contribution in [2.24, 2.45) is 16.7 Å². The summed E-state index contributed by atoms with van der Waals surface area (Å²) in [6.07, 6.45) is 11.8. The smallest absolute Gasteiger partial charge is 0.0716 e. The topological polar surface area (TPSA) is 36.3 Å². The van der Waals surface area contributed by atoms with E-state index in [9.17, 15) is 0 Å². The highest BCUT2D eigenvalue weighted by molar-refractivity contribution is 5.20. The minimum absolute atomic E-state index is 0.0505. The van der Waals surface area contributed by atoms with Crippen LogP contribution in [0.3, 0.4) is 0 Å². The molecule has 144 valence electrons. The van der Waals surface area contributed by atoms with Crippen LogP contribution in [0, 0.1) is 23.7 Å². The molecule has 0 aromatic carbocycles. The molecule has 4 bridgehead atoms. The largest absolute Gasteiger partial charge is 0.381 e. The lowest BCUT2D eigenvalue weighted by Crippen LogP contribution is -2.67. The second-order valence-corrected chi connectivity index (χ2v) is 10.8. The van der Waals surface area contributed by atoms with Crippen molar-refractivity contribution in [3.63, 3.8) is 0 Å². The first kappa shape index (κ1) is 17.2. The number of rotatable bonds is 4. The van der Waals surface area contributed by atoms with Crippen LogP contribution in [0.5, 0.6) is 0 Å². The fourth-order valence-electron chi connectivity index (χ4n) is 7.98. The molecular weight excluding hydrogens is 324 g/mol. The van der Waals surface area contributed by atoms with Crippen molar-refractivity contribution in [1.82, 2.24) is 9.78 Å². The molecule has 6 rings (SSSR count). The van der Waals surface area contributed by atoms with Crippen molar-refractivity contribution in [2.45, 2.75) is 83.3 Å². The van der Waals surface area contributed by atoms with Crippen LogP contribution in [-0.2, 0) is 15.0 Å². The molecule has 5 aliphatic rings. The third kappa shape index (κ3) is 2.67. The standard InChI is InChI=1S/C22H34N2O2/c1-17-4-7-23-24(17)21-12-19(2)11-20(3,13-21)15-22(14-19,16-21)26-10-18-5-8-25-9-6-18/h4,7,18H,5-6,8-16H2,1-3H3. The fraction of sp³-hybridized carbons (Fsp3) is 0.864. The van der Waals surface area contributed by atoms with E-state index in [1.54, 1.807) is 0 Å². The van der Waals surface area contributed by atoms with Gasteiger partial charge in [0.15, 0.2) is 0 Å². The number of aromatic nitrogens is 2. The van der Waals surface area contributed by atoms with Crippen molar-refractivity contribution in [3.8, 4) is 0 Å². The minimum atomic E-state index is 0.0505. The third-order valence-corrected chi connectivity index (χ3v) is 7.76. The summed E-state index contributed by atoms with van der Waals surface area (Å²) in [6, 6.07) is 2.17. The lowest BCUT2D eigenvalue weighted by atomic mass is 9.41. The summed E-state index contributed by atoms with van der Waals surface area (Å²) < 4.78 is 14.8. The maximum absolute atomic E-state index is 6.88. The van der Waals surface area contributed by atoms with Crippen LogP contribution in [0.1, 0.15) is 70.9 Å². The molecule has 0 N–H and O–H groups in total. The number of nitrogens with zero attached hydrogens (tertiary/aromatic N) is 2. The van der Waals surface area contributed by atoms with Gasteiger partial charge in [-0.15, -0.1) is 0 Å². The van der Waals surface area contributed by atoms with E-state index in [0.29, 0.717) is 16.7 Å². The number of ether oxygens (including phenoxy) is 2. The van der Waals surface area contributed by atoms with Crippen molar-refractivity contribution < 1.29 is 9.47 Å². The molecule has 4 saturated carbocycles. The Morgan fingerprint density at radius 3 is 2.38 bits per heavy atom. The summed E-state index contributed by atoms with van der Waals surface area (Å²) in [5.74, 6) is 0.680. The van der Waals surface area contributed by atoms with Gasteiger partial charge in [-0.1, -0.05) is 13.8 Å². The molecule has 26 heavy (non-hydrogen) atoms. The number of aryl methyl sites for hydroxylation is 1. The Morgan fingerprint density at radius 1 is 1.08 bits per heavy atom. The Morgan fingerprint density at radius 2 is 1.77 bits per heavy atom. The lowest BCUT2D eigenvalue weighted by molar-refractivity contribution is -0.245. The maximum Gasteiger partial charge on any atom is 0.0716 e. The molecular formula is C22H34N2O2. The minimum Gasteiger partial charge on any atom is -0.381 e. The SMILES string of the molecule is Cc1ccnn1C12CC3(C)CC(C)(CC(OCC4CCOCC4)(C3)C1)C2. The Hall–Kier alpha value is -0.870. The molecule has 1 aromatic heterocycles. The molecule has 2 unspecified atom stereocenters. The van der Waals surface area contributed by atoms with Crippen LogP contribution < -0.4 is 0 Å². The zero-order chi connectivity index (χ0) is 18.0. The van der Waals surface area contributed by atoms with Gasteiger partial charge in [-0.05, 0) is 74.7 Å². The van der Waals surface area contributed by atoms with Gasteiger partial charge in [-0.3, -0.25) is 4.68 Å². The Labute approximate surface area is 157 Å². The first-order valence-corrected chi connectivity index (χ1v) is 10.6. The zero-order valence-electron chi connectivity index (χ0n) is 16.7. The Kier molecular flexibility index (Phi) is 3.70. The summed E-state index contributed by atoms with van der Waals surface area (Å²) in [5.41, 5.74) is 2.28. The molecule has 2 heterocycles. The molecule has 2 atom stereocenters. The van der Waals surface area contributed by atoms with Crippen LogP contribution in [-0.4, -0.2) is 35.2 Å². The molecule has 0 radical (unpaired) electrons. The molecule has 4 heteroatoms. The average Bonchev–Trinajstić information content (AvgIpc) is 2.98. The molecule has 4 nitrogen and oxygen atoms in total. The van der Waals surface area contributed by atoms with Crippen molar-refractivity contribution in [1.29, 1.82) is 0 Å². The Bertz CT molecular complexity index is 672. The summed E-state index contributed by atoms with van der Waals surface area (Å²) >= 11 is 0. The highest BCUT2D eigenvalue weighted by atomic mass is 16.5. The van der Waals surface area contributed by atoms with Crippen LogP contribution in [0.15, 0.2) is 12.3 Å². The lowest BCUT2D eigenvalue weighted by Gasteiger charge is -2.69. The molecule has 1 saturated heterocycles. The van der Waals surface area contributed by atoms with E-state index in [1.165, 1.54) is 37.8 Å². The predicted octanol–water partition coefficient (Wildman–Crippen LogP) is 4.46. The Balaban J connectivity index is 1.46. The van der Waals surface area contributed by atoms with Gasteiger partial charge < -0.3 is 9.47 Å². The van der Waals surface area contributed by atoms with E-state index >= 15 is 0 Å². The normalized spacial score (nSPS) is 45.3. The number of hydrogen-bond donors (Lipinski definition) is 0. The summed E-state index contributed by atoms with van der Waals surface area (Å²) in [7, 11) is 0. The van der Waals surface area contributed by atoms with Gasteiger partial charge in [-0.25, -0.2) is 0 Å². The molecule has 1 aromatic rings. The van der Waals surface area contributed by atoms with Crippen LogP contribution >= 0.6 is 0 Å². The zero-order valence-corrected chi connectivity index (χ0v) is 16.7. The van der Waals surface area contributed by atoms with Gasteiger partial charge in [0.1, 0.15) is 0 Å². The van der Waals surface area contributed by atoms with Gasteiger partial charge in [0.05, 0.1) is 17.7 Å². The number of hydrogen-bond acceptors (Lipinski definition) is 3.